The first kappa shape index (κ1) is 21.8. The van der Waals surface area contributed by atoms with Crippen molar-refractivity contribution >= 4 is 35.2 Å². The van der Waals surface area contributed by atoms with Gasteiger partial charge < -0.3 is 10.2 Å². The van der Waals surface area contributed by atoms with Crippen molar-refractivity contribution in [1.29, 1.82) is 0 Å². The molecule has 1 aliphatic heterocycles. The van der Waals surface area contributed by atoms with Crippen LogP contribution in [0.2, 0.25) is 0 Å². The second-order valence-electron chi connectivity index (χ2n) is 7.82. The second-order valence-corrected chi connectivity index (χ2v) is 9.47. The van der Waals surface area contributed by atoms with Crippen LogP contribution in [0.3, 0.4) is 0 Å². The summed E-state index contributed by atoms with van der Waals surface area (Å²) in [4.78, 5) is 8.85. The molecule has 0 amide bonds. The summed E-state index contributed by atoms with van der Waals surface area (Å²) in [7, 11) is 0. The van der Waals surface area contributed by atoms with E-state index >= 15 is 0 Å². The topological polar surface area (TPSA) is 32.6 Å². The molecule has 0 radical (unpaired) electrons. The van der Waals surface area contributed by atoms with Crippen molar-refractivity contribution < 1.29 is 0 Å². The molecule has 1 N–H and O–H groups in total. The second kappa shape index (κ2) is 10.2. The van der Waals surface area contributed by atoms with Crippen LogP contribution < -0.4 is 5.32 Å². The monoisotopic (exact) mass is 450 g/mol. The van der Waals surface area contributed by atoms with Crippen LogP contribution in [-0.2, 0) is 0 Å². The van der Waals surface area contributed by atoms with Gasteiger partial charge in [-0.3, -0.25) is 4.57 Å². The summed E-state index contributed by atoms with van der Waals surface area (Å²) in [6, 6.07) is 20.9. The Bertz CT molecular complexity index is 1060. The molecular formula is C25H30N4S2. The molecule has 0 aliphatic carbocycles. The number of aliphatic imine (C=N–C) groups is 1. The zero-order valence-corrected chi connectivity index (χ0v) is 19.9. The van der Waals surface area contributed by atoms with E-state index in [0.717, 1.165) is 57.7 Å². The van der Waals surface area contributed by atoms with Crippen molar-refractivity contribution in [3.05, 3.63) is 75.1 Å². The summed E-state index contributed by atoms with van der Waals surface area (Å²) in [6.45, 7) is 6.53. The van der Waals surface area contributed by atoms with Gasteiger partial charge >= 0.3 is 0 Å². The van der Waals surface area contributed by atoms with Gasteiger partial charge in [0.15, 0.2) is 3.95 Å². The van der Waals surface area contributed by atoms with Crippen LogP contribution in [0.5, 0.6) is 0 Å². The fourth-order valence-electron chi connectivity index (χ4n) is 3.85. The minimum Gasteiger partial charge on any atom is -0.356 e. The van der Waals surface area contributed by atoms with Gasteiger partial charge in [-0.25, -0.2) is 4.99 Å². The smallest absolute Gasteiger partial charge is 0.168 e. The molecule has 0 spiro atoms. The molecule has 4 rings (SSSR count). The Morgan fingerprint density at radius 3 is 2.19 bits per heavy atom. The molecular weight excluding hydrogens is 420 g/mol. The maximum absolute atomic E-state index is 5.84. The maximum Gasteiger partial charge on any atom is 0.168 e. The lowest BCUT2D eigenvalue weighted by atomic mass is 10.1. The highest BCUT2D eigenvalue weighted by Crippen LogP contribution is 2.37. The first-order valence-electron chi connectivity index (χ1n) is 11.2. The summed E-state index contributed by atoms with van der Waals surface area (Å²) in [6.07, 6.45) is 4.53. The summed E-state index contributed by atoms with van der Waals surface area (Å²) in [5, 5.41) is 3.69. The quantitative estimate of drug-likeness (QED) is 0.374. The predicted molar refractivity (Wildman–Crippen MR) is 135 cm³/mol. The van der Waals surface area contributed by atoms with E-state index in [-0.39, 0.29) is 6.17 Å². The average molecular weight is 451 g/mol. The van der Waals surface area contributed by atoms with E-state index in [1.54, 1.807) is 11.3 Å². The Labute approximate surface area is 194 Å². The van der Waals surface area contributed by atoms with Crippen LogP contribution in [-0.4, -0.2) is 28.4 Å². The fraction of sp³-hybridized carbons (Fsp3) is 0.360. The molecule has 31 heavy (non-hydrogen) atoms. The third-order valence-corrected chi connectivity index (χ3v) is 6.90. The SMILES string of the molecule is CCCCN(CCCC)C1=NC(c2ccccc2)Nc2c1sc(=S)n2-c1ccccc1. The van der Waals surface area contributed by atoms with E-state index in [4.69, 9.17) is 17.2 Å². The first-order chi connectivity index (χ1) is 15.2. The first-order valence-corrected chi connectivity index (χ1v) is 12.4. The highest BCUT2D eigenvalue weighted by atomic mass is 32.1. The van der Waals surface area contributed by atoms with E-state index in [9.17, 15) is 0 Å². The zero-order chi connectivity index (χ0) is 21.6. The maximum atomic E-state index is 5.84. The van der Waals surface area contributed by atoms with Crippen molar-refractivity contribution in [2.24, 2.45) is 4.99 Å². The lowest BCUT2D eigenvalue weighted by molar-refractivity contribution is 0.396. The Kier molecular flexibility index (Phi) is 7.20. The van der Waals surface area contributed by atoms with Gasteiger partial charge in [0, 0.05) is 18.8 Å². The number of nitrogens with zero attached hydrogens (tertiary/aromatic N) is 3. The molecule has 162 valence electrons. The van der Waals surface area contributed by atoms with Gasteiger partial charge in [0.25, 0.3) is 0 Å². The highest BCUT2D eigenvalue weighted by molar-refractivity contribution is 7.73. The van der Waals surface area contributed by atoms with Crippen LogP contribution in [0.15, 0.2) is 65.7 Å². The minimum atomic E-state index is -0.131. The summed E-state index contributed by atoms with van der Waals surface area (Å²) in [5.74, 6) is 2.13. The number of hydrogen-bond donors (Lipinski definition) is 1. The summed E-state index contributed by atoms with van der Waals surface area (Å²) < 4.78 is 3.01. The Hall–Kier alpha value is -2.44. The van der Waals surface area contributed by atoms with Gasteiger partial charge in [-0.2, -0.15) is 0 Å². The number of amidine groups is 1. The van der Waals surface area contributed by atoms with Crippen molar-refractivity contribution in [1.82, 2.24) is 9.47 Å². The van der Waals surface area contributed by atoms with E-state index in [2.05, 4.69) is 77.2 Å². The van der Waals surface area contributed by atoms with Crippen molar-refractivity contribution in [2.75, 3.05) is 18.4 Å². The van der Waals surface area contributed by atoms with Gasteiger partial charge in [0.1, 0.15) is 22.7 Å². The molecule has 1 atom stereocenters. The van der Waals surface area contributed by atoms with Gasteiger partial charge in [0.2, 0.25) is 0 Å². The molecule has 6 heteroatoms. The van der Waals surface area contributed by atoms with Gasteiger partial charge in [-0.05, 0) is 42.8 Å². The zero-order valence-electron chi connectivity index (χ0n) is 18.3. The fourth-order valence-corrected chi connectivity index (χ4v) is 5.28. The number of rotatable bonds is 8. The van der Waals surface area contributed by atoms with Gasteiger partial charge in [-0.15, -0.1) is 0 Å². The van der Waals surface area contributed by atoms with Crippen molar-refractivity contribution in [3.63, 3.8) is 0 Å². The van der Waals surface area contributed by atoms with E-state index in [1.807, 2.05) is 12.1 Å². The largest absolute Gasteiger partial charge is 0.356 e. The van der Waals surface area contributed by atoms with E-state index < -0.39 is 0 Å². The molecule has 1 aliphatic rings. The molecule has 1 aromatic heterocycles. The molecule has 0 saturated carbocycles. The Morgan fingerprint density at radius 2 is 1.58 bits per heavy atom. The third-order valence-electron chi connectivity index (χ3n) is 5.53. The number of thiazole rings is 1. The molecule has 2 aromatic carbocycles. The normalized spacial score (nSPS) is 15.2. The third kappa shape index (κ3) is 4.75. The number of anilines is 1. The molecule has 2 heterocycles. The van der Waals surface area contributed by atoms with Crippen LogP contribution in [0, 0.1) is 3.95 Å². The lowest BCUT2D eigenvalue weighted by Crippen LogP contribution is -2.36. The number of fused-ring (bicyclic) bond motifs is 1. The summed E-state index contributed by atoms with van der Waals surface area (Å²) in [5.41, 5.74) is 2.24. The van der Waals surface area contributed by atoms with Crippen molar-refractivity contribution in [2.45, 2.75) is 45.7 Å². The number of aromatic nitrogens is 1. The number of hydrogen-bond acceptors (Lipinski definition) is 5. The molecule has 0 fully saturated rings. The van der Waals surface area contributed by atoms with E-state index in [0.29, 0.717) is 0 Å². The number of unbranched alkanes of at least 4 members (excludes halogenated alkanes) is 2. The average Bonchev–Trinajstić information content (AvgIpc) is 3.15. The standard InChI is InChI=1S/C25H30N4S2/c1-3-5-17-28(18-6-4-2)23-21-24(27-22(26-23)19-13-9-7-10-14-19)29(25(30)31-21)20-15-11-8-12-16-20/h7-16,22,27H,3-6,17-18H2,1-2H3. The number of nitrogens with one attached hydrogen (secondary N) is 1. The molecule has 3 aromatic rings. The number of benzene rings is 2. The molecule has 0 saturated heterocycles. The van der Waals surface area contributed by atoms with E-state index in [1.165, 1.54) is 12.8 Å². The predicted octanol–water partition coefficient (Wildman–Crippen LogP) is 7.04. The summed E-state index contributed by atoms with van der Waals surface area (Å²) >= 11 is 7.50. The van der Waals surface area contributed by atoms with Crippen molar-refractivity contribution in [3.8, 4) is 5.69 Å². The Balaban J connectivity index is 1.84. The van der Waals surface area contributed by atoms with Crippen LogP contribution in [0.4, 0.5) is 5.82 Å². The minimum absolute atomic E-state index is 0.131. The molecule has 1 unspecified atom stereocenters. The van der Waals surface area contributed by atoms with Crippen LogP contribution >= 0.6 is 23.6 Å². The Morgan fingerprint density at radius 1 is 0.968 bits per heavy atom. The molecule has 4 nitrogen and oxygen atoms in total. The lowest BCUT2D eigenvalue weighted by Gasteiger charge is -2.32. The highest BCUT2D eigenvalue weighted by Gasteiger charge is 2.30. The van der Waals surface area contributed by atoms with Gasteiger partial charge in [0.05, 0.1) is 0 Å². The van der Waals surface area contributed by atoms with Crippen LogP contribution in [0.25, 0.3) is 5.69 Å². The van der Waals surface area contributed by atoms with Crippen LogP contribution in [0.1, 0.15) is 56.1 Å². The van der Waals surface area contributed by atoms with Gasteiger partial charge in [-0.1, -0.05) is 86.6 Å². The molecule has 0 bridgehead atoms. The number of para-hydroxylation sites is 1.